The van der Waals surface area contributed by atoms with Gasteiger partial charge in [0, 0.05) is 28.9 Å². The number of fused-ring (bicyclic) bond motifs is 1. The van der Waals surface area contributed by atoms with E-state index < -0.39 is 0 Å². The number of aromatic nitrogens is 4. The van der Waals surface area contributed by atoms with E-state index in [1.807, 2.05) is 67.6 Å². The lowest BCUT2D eigenvalue weighted by atomic mass is 10.0. The maximum absolute atomic E-state index is 12.9. The summed E-state index contributed by atoms with van der Waals surface area (Å²) in [6.45, 7) is 2.05. The standard InChI is InChI=1S/C25H20N6O/c1-15-4-2-3-5-20(15)22-9-7-19(14-28-22)29-25(32)24-21-11-16(6-8-23(21)30-31-24)17-10-18(26)13-27-12-17/h2-14H,26H2,1H3,(H,29,32)(H,30,31). The molecule has 156 valence electrons. The van der Waals surface area contributed by atoms with Gasteiger partial charge in [-0.2, -0.15) is 5.10 Å². The molecule has 3 heterocycles. The first-order chi connectivity index (χ1) is 15.6. The molecule has 0 aliphatic carbocycles. The Labute approximate surface area is 184 Å². The second-order valence-electron chi connectivity index (χ2n) is 7.54. The lowest BCUT2D eigenvalue weighted by molar-refractivity contribution is 0.102. The molecule has 0 fully saturated rings. The zero-order valence-corrected chi connectivity index (χ0v) is 17.3. The first-order valence-corrected chi connectivity index (χ1v) is 10.1. The second kappa shape index (κ2) is 7.96. The summed E-state index contributed by atoms with van der Waals surface area (Å²) in [7, 11) is 0. The maximum Gasteiger partial charge on any atom is 0.276 e. The molecule has 1 amide bonds. The van der Waals surface area contributed by atoms with Gasteiger partial charge < -0.3 is 11.1 Å². The molecule has 4 N–H and O–H groups in total. The highest BCUT2D eigenvalue weighted by Crippen LogP contribution is 2.27. The van der Waals surface area contributed by atoms with Crippen molar-refractivity contribution in [3.8, 4) is 22.4 Å². The molecular weight excluding hydrogens is 400 g/mol. The van der Waals surface area contributed by atoms with Gasteiger partial charge in [0.15, 0.2) is 5.69 Å². The molecule has 0 saturated heterocycles. The van der Waals surface area contributed by atoms with Crippen LogP contribution >= 0.6 is 0 Å². The van der Waals surface area contributed by atoms with Gasteiger partial charge in [-0.1, -0.05) is 30.3 Å². The minimum Gasteiger partial charge on any atom is -0.397 e. The van der Waals surface area contributed by atoms with Gasteiger partial charge >= 0.3 is 0 Å². The molecule has 7 heteroatoms. The minimum atomic E-state index is -0.315. The highest BCUT2D eigenvalue weighted by atomic mass is 16.1. The van der Waals surface area contributed by atoms with Crippen molar-refractivity contribution in [2.45, 2.75) is 6.92 Å². The van der Waals surface area contributed by atoms with E-state index in [-0.39, 0.29) is 5.91 Å². The van der Waals surface area contributed by atoms with Crippen molar-refractivity contribution < 1.29 is 4.79 Å². The topological polar surface area (TPSA) is 110 Å². The van der Waals surface area contributed by atoms with Crippen LogP contribution in [-0.2, 0) is 0 Å². The number of anilines is 2. The van der Waals surface area contributed by atoms with Crippen LogP contribution in [0, 0.1) is 6.92 Å². The van der Waals surface area contributed by atoms with Gasteiger partial charge in [-0.15, -0.1) is 0 Å². The fraction of sp³-hybridized carbons (Fsp3) is 0.0400. The molecule has 5 rings (SSSR count). The lowest BCUT2D eigenvalue weighted by Crippen LogP contribution is -2.13. The number of hydrogen-bond donors (Lipinski definition) is 3. The van der Waals surface area contributed by atoms with E-state index in [0.717, 1.165) is 33.5 Å². The van der Waals surface area contributed by atoms with Crippen LogP contribution in [0.25, 0.3) is 33.3 Å². The number of carbonyl (C=O) groups excluding carboxylic acids is 1. The monoisotopic (exact) mass is 420 g/mol. The summed E-state index contributed by atoms with van der Waals surface area (Å²) in [5, 5.41) is 10.7. The van der Waals surface area contributed by atoms with Gasteiger partial charge in [-0.25, -0.2) is 0 Å². The predicted octanol–water partition coefficient (Wildman–Crippen LogP) is 4.83. The van der Waals surface area contributed by atoms with Crippen LogP contribution in [0.1, 0.15) is 16.1 Å². The Morgan fingerprint density at radius 3 is 2.62 bits per heavy atom. The molecule has 3 aromatic heterocycles. The van der Waals surface area contributed by atoms with Crippen LogP contribution in [0.15, 0.2) is 79.3 Å². The van der Waals surface area contributed by atoms with E-state index in [0.29, 0.717) is 22.5 Å². The fourth-order valence-electron chi connectivity index (χ4n) is 3.66. The smallest absolute Gasteiger partial charge is 0.276 e. The van der Waals surface area contributed by atoms with Gasteiger partial charge in [-0.05, 0) is 48.4 Å². The number of nitrogens with two attached hydrogens (primary N) is 1. The highest BCUT2D eigenvalue weighted by molar-refractivity contribution is 6.11. The zero-order chi connectivity index (χ0) is 22.1. The van der Waals surface area contributed by atoms with Crippen molar-refractivity contribution in [1.29, 1.82) is 0 Å². The molecule has 7 nitrogen and oxygen atoms in total. The van der Waals surface area contributed by atoms with Gasteiger partial charge in [0.25, 0.3) is 5.91 Å². The minimum absolute atomic E-state index is 0.307. The Hall–Kier alpha value is -4.52. The third-order valence-electron chi connectivity index (χ3n) is 5.31. The van der Waals surface area contributed by atoms with Gasteiger partial charge in [0.05, 0.1) is 28.8 Å². The summed E-state index contributed by atoms with van der Waals surface area (Å²) in [4.78, 5) is 21.6. The van der Waals surface area contributed by atoms with E-state index >= 15 is 0 Å². The summed E-state index contributed by atoms with van der Waals surface area (Å²) in [5.74, 6) is -0.315. The number of hydrogen-bond acceptors (Lipinski definition) is 5. The Balaban J connectivity index is 1.41. The number of H-pyrrole nitrogens is 1. The molecular formula is C25H20N6O. The van der Waals surface area contributed by atoms with E-state index in [2.05, 4.69) is 25.5 Å². The lowest BCUT2D eigenvalue weighted by Gasteiger charge is -2.07. The molecule has 32 heavy (non-hydrogen) atoms. The van der Waals surface area contributed by atoms with Crippen molar-refractivity contribution in [3.63, 3.8) is 0 Å². The van der Waals surface area contributed by atoms with Crippen molar-refractivity contribution in [1.82, 2.24) is 20.2 Å². The van der Waals surface area contributed by atoms with E-state index in [1.54, 1.807) is 18.6 Å². The molecule has 5 aromatic rings. The largest absolute Gasteiger partial charge is 0.397 e. The van der Waals surface area contributed by atoms with Crippen LogP contribution in [0.3, 0.4) is 0 Å². The number of nitrogen functional groups attached to an aromatic ring is 1. The number of amides is 1. The Kier molecular flexibility index (Phi) is 4.84. The number of benzene rings is 2. The Morgan fingerprint density at radius 2 is 1.84 bits per heavy atom. The molecule has 0 atom stereocenters. The van der Waals surface area contributed by atoms with E-state index in [4.69, 9.17) is 5.73 Å². The molecule has 2 aromatic carbocycles. The quantitative estimate of drug-likeness (QED) is 0.386. The summed E-state index contributed by atoms with van der Waals surface area (Å²) in [6, 6.07) is 19.4. The molecule has 0 radical (unpaired) electrons. The molecule has 0 aliphatic rings. The first kappa shape index (κ1) is 19.4. The number of carbonyl (C=O) groups is 1. The number of aryl methyl sites for hydroxylation is 1. The average Bonchev–Trinajstić information content (AvgIpc) is 3.23. The predicted molar refractivity (Wildman–Crippen MR) is 126 cm³/mol. The number of rotatable bonds is 4. The number of nitrogens with zero attached hydrogens (tertiary/aromatic N) is 3. The number of nitrogens with one attached hydrogen (secondary N) is 2. The van der Waals surface area contributed by atoms with Crippen LogP contribution in [0.5, 0.6) is 0 Å². The summed E-state index contributed by atoms with van der Waals surface area (Å²) < 4.78 is 0. The second-order valence-corrected chi connectivity index (χ2v) is 7.54. The van der Waals surface area contributed by atoms with Gasteiger partial charge in [0.2, 0.25) is 0 Å². The Bertz CT molecular complexity index is 1440. The molecule has 0 spiro atoms. The third kappa shape index (κ3) is 3.67. The number of aromatic amines is 1. The van der Waals surface area contributed by atoms with Gasteiger partial charge in [-0.3, -0.25) is 19.9 Å². The van der Waals surface area contributed by atoms with Crippen molar-refractivity contribution >= 4 is 28.2 Å². The highest BCUT2D eigenvalue weighted by Gasteiger charge is 2.16. The van der Waals surface area contributed by atoms with Crippen molar-refractivity contribution in [2.24, 2.45) is 0 Å². The summed E-state index contributed by atoms with van der Waals surface area (Å²) in [6.07, 6.45) is 4.98. The van der Waals surface area contributed by atoms with E-state index in [1.165, 1.54) is 0 Å². The maximum atomic E-state index is 12.9. The molecule has 0 saturated carbocycles. The van der Waals surface area contributed by atoms with Crippen molar-refractivity contribution in [3.05, 3.63) is 90.5 Å². The summed E-state index contributed by atoms with van der Waals surface area (Å²) in [5.41, 5.74) is 12.9. The normalized spacial score (nSPS) is 10.9. The Morgan fingerprint density at radius 1 is 0.969 bits per heavy atom. The molecule has 0 bridgehead atoms. The zero-order valence-electron chi connectivity index (χ0n) is 17.3. The van der Waals surface area contributed by atoms with Crippen LogP contribution in [0.2, 0.25) is 0 Å². The number of pyridine rings is 2. The summed E-state index contributed by atoms with van der Waals surface area (Å²) >= 11 is 0. The fourth-order valence-corrected chi connectivity index (χ4v) is 3.66. The van der Waals surface area contributed by atoms with Crippen LogP contribution in [0.4, 0.5) is 11.4 Å². The van der Waals surface area contributed by atoms with Gasteiger partial charge in [0.1, 0.15) is 0 Å². The van der Waals surface area contributed by atoms with Crippen molar-refractivity contribution in [2.75, 3.05) is 11.1 Å². The SMILES string of the molecule is Cc1ccccc1-c1ccc(NC(=O)c2n[nH]c3ccc(-c4cncc(N)c4)cc23)cn1. The van der Waals surface area contributed by atoms with Crippen LogP contribution in [-0.4, -0.2) is 26.1 Å². The average molecular weight is 420 g/mol. The third-order valence-corrected chi connectivity index (χ3v) is 5.31. The van der Waals surface area contributed by atoms with E-state index in [9.17, 15) is 4.79 Å². The molecule has 0 aliphatic heterocycles. The van der Waals surface area contributed by atoms with Crippen LogP contribution < -0.4 is 11.1 Å². The first-order valence-electron chi connectivity index (χ1n) is 10.1. The molecule has 0 unspecified atom stereocenters.